The number of ether oxygens (including phenoxy) is 1. The van der Waals surface area contributed by atoms with E-state index in [9.17, 15) is 23.1 Å². The molecule has 128 valence electrons. The van der Waals surface area contributed by atoms with Crippen LogP contribution >= 0.6 is 0 Å². The van der Waals surface area contributed by atoms with Crippen molar-refractivity contribution < 1.29 is 27.8 Å². The molecule has 0 radical (unpaired) electrons. The SMILES string of the molecule is CN(Cc1ccc(OC(F)(F)F)cc1)C(=O)CC1(O)CCCC1. The van der Waals surface area contributed by atoms with E-state index in [1.807, 2.05) is 0 Å². The van der Waals surface area contributed by atoms with E-state index in [0.29, 0.717) is 18.4 Å². The lowest BCUT2D eigenvalue weighted by atomic mass is 9.97. The molecule has 23 heavy (non-hydrogen) atoms. The fraction of sp³-hybridized carbons (Fsp3) is 0.562. The Morgan fingerprint density at radius 3 is 2.35 bits per heavy atom. The number of hydrogen-bond donors (Lipinski definition) is 1. The van der Waals surface area contributed by atoms with E-state index in [1.165, 1.54) is 29.2 Å². The van der Waals surface area contributed by atoms with Gasteiger partial charge in [-0.15, -0.1) is 13.2 Å². The molecule has 0 atom stereocenters. The predicted molar refractivity (Wildman–Crippen MR) is 77.6 cm³/mol. The molecule has 0 aliphatic heterocycles. The zero-order valence-electron chi connectivity index (χ0n) is 12.9. The molecular formula is C16H20F3NO3. The maximum absolute atomic E-state index is 12.2. The molecule has 0 saturated heterocycles. The number of halogens is 3. The van der Waals surface area contributed by atoms with Gasteiger partial charge in [0.1, 0.15) is 5.75 Å². The van der Waals surface area contributed by atoms with E-state index in [0.717, 1.165) is 12.8 Å². The second kappa shape index (κ2) is 6.78. The van der Waals surface area contributed by atoms with E-state index in [4.69, 9.17) is 0 Å². The number of carbonyl (C=O) groups excluding carboxylic acids is 1. The highest BCUT2D eigenvalue weighted by Gasteiger charge is 2.34. The molecule has 1 amide bonds. The molecule has 7 heteroatoms. The number of aliphatic hydroxyl groups is 1. The first-order valence-electron chi connectivity index (χ1n) is 7.48. The number of carbonyl (C=O) groups is 1. The van der Waals surface area contributed by atoms with Crippen molar-refractivity contribution in [1.82, 2.24) is 4.90 Å². The molecule has 1 aliphatic carbocycles. The van der Waals surface area contributed by atoms with Crippen LogP contribution in [0.4, 0.5) is 13.2 Å². The highest BCUT2D eigenvalue weighted by molar-refractivity contribution is 5.77. The Kier molecular flexibility index (Phi) is 5.19. The molecule has 1 aliphatic rings. The van der Waals surface area contributed by atoms with Gasteiger partial charge in [0.2, 0.25) is 5.91 Å². The first kappa shape index (κ1) is 17.6. The zero-order valence-corrected chi connectivity index (χ0v) is 12.9. The van der Waals surface area contributed by atoms with Gasteiger partial charge in [-0.3, -0.25) is 4.79 Å². The van der Waals surface area contributed by atoms with Gasteiger partial charge in [-0.2, -0.15) is 0 Å². The van der Waals surface area contributed by atoms with Crippen molar-refractivity contribution in [1.29, 1.82) is 0 Å². The van der Waals surface area contributed by atoms with Crippen molar-refractivity contribution in [3.63, 3.8) is 0 Å². The molecule has 0 bridgehead atoms. The summed E-state index contributed by atoms with van der Waals surface area (Å²) in [5, 5.41) is 10.3. The summed E-state index contributed by atoms with van der Waals surface area (Å²) in [7, 11) is 1.61. The molecule has 1 fully saturated rings. The lowest BCUT2D eigenvalue weighted by molar-refractivity contribution is -0.274. The van der Waals surface area contributed by atoms with Gasteiger partial charge in [0.05, 0.1) is 12.0 Å². The lowest BCUT2D eigenvalue weighted by Gasteiger charge is -2.25. The highest BCUT2D eigenvalue weighted by Crippen LogP contribution is 2.32. The summed E-state index contributed by atoms with van der Waals surface area (Å²) >= 11 is 0. The normalized spacial score (nSPS) is 17.1. The Bertz CT molecular complexity index is 536. The minimum Gasteiger partial charge on any atom is -0.406 e. The molecule has 0 unspecified atom stereocenters. The summed E-state index contributed by atoms with van der Waals surface area (Å²) in [5.41, 5.74) is -0.218. The van der Waals surface area contributed by atoms with Gasteiger partial charge in [0.15, 0.2) is 0 Å². The highest BCUT2D eigenvalue weighted by atomic mass is 19.4. The predicted octanol–water partition coefficient (Wildman–Crippen LogP) is 3.24. The van der Waals surface area contributed by atoms with Crippen LogP contribution in [0, 0.1) is 0 Å². The second-order valence-corrected chi connectivity index (χ2v) is 6.05. The second-order valence-electron chi connectivity index (χ2n) is 6.05. The van der Waals surface area contributed by atoms with E-state index in [1.54, 1.807) is 7.05 Å². The smallest absolute Gasteiger partial charge is 0.406 e. The van der Waals surface area contributed by atoms with Gasteiger partial charge < -0.3 is 14.7 Å². The monoisotopic (exact) mass is 331 g/mol. The van der Waals surface area contributed by atoms with Crippen molar-refractivity contribution in [3.05, 3.63) is 29.8 Å². The third-order valence-electron chi connectivity index (χ3n) is 4.02. The molecule has 1 aromatic rings. The minimum atomic E-state index is -4.72. The van der Waals surface area contributed by atoms with Gasteiger partial charge in [0, 0.05) is 13.6 Å². The number of rotatable bonds is 5. The molecular weight excluding hydrogens is 311 g/mol. The molecule has 0 spiro atoms. The molecule has 2 rings (SSSR count). The van der Waals surface area contributed by atoms with Crippen LogP contribution in [0.5, 0.6) is 5.75 Å². The van der Waals surface area contributed by atoms with Crippen LogP contribution in [0.2, 0.25) is 0 Å². The Morgan fingerprint density at radius 1 is 1.26 bits per heavy atom. The van der Waals surface area contributed by atoms with Crippen molar-refractivity contribution in [2.45, 2.75) is 50.6 Å². The molecule has 1 aromatic carbocycles. The number of nitrogens with zero attached hydrogens (tertiary/aromatic N) is 1. The summed E-state index contributed by atoms with van der Waals surface area (Å²) in [5.74, 6) is -0.472. The van der Waals surface area contributed by atoms with Crippen molar-refractivity contribution in [2.75, 3.05) is 7.05 Å². The summed E-state index contributed by atoms with van der Waals surface area (Å²) < 4.78 is 40.1. The van der Waals surface area contributed by atoms with Crippen LogP contribution in [-0.4, -0.2) is 34.9 Å². The fourth-order valence-electron chi connectivity index (χ4n) is 2.78. The average Bonchev–Trinajstić information content (AvgIpc) is 2.85. The Balaban J connectivity index is 1.89. The van der Waals surface area contributed by atoms with E-state index >= 15 is 0 Å². The first-order chi connectivity index (χ1) is 10.7. The van der Waals surface area contributed by atoms with E-state index in [2.05, 4.69) is 4.74 Å². The number of alkyl halides is 3. The van der Waals surface area contributed by atoms with Crippen LogP contribution in [0.3, 0.4) is 0 Å². The standard InChI is InChI=1S/C16H20F3NO3/c1-20(14(21)10-15(22)8-2-3-9-15)11-12-4-6-13(7-5-12)23-16(17,18)19/h4-7,22H,2-3,8-11H2,1H3. The lowest BCUT2D eigenvalue weighted by Crippen LogP contribution is -2.35. The van der Waals surface area contributed by atoms with Gasteiger partial charge in [-0.05, 0) is 30.5 Å². The van der Waals surface area contributed by atoms with Crippen LogP contribution in [0.1, 0.15) is 37.7 Å². The molecule has 0 heterocycles. The molecule has 4 nitrogen and oxygen atoms in total. The van der Waals surface area contributed by atoms with Crippen LogP contribution < -0.4 is 4.74 Å². The van der Waals surface area contributed by atoms with Crippen LogP contribution in [-0.2, 0) is 11.3 Å². The third kappa shape index (κ3) is 5.42. The Labute approximate surface area is 132 Å². The minimum absolute atomic E-state index is 0.0821. The summed E-state index contributed by atoms with van der Waals surface area (Å²) in [6.45, 7) is 0.265. The van der Waals surface area contributed by atoms with Gasteiger partial charge in [0.25, 0.3) is 0 Å². The largest absolute Gasteiger partial charge is 0.573 e. The number of amides is 1. The summed E-state index contributed by atoms with van der Waals surface area (Å²) in [4.78, 5) is 13.6. The first-order valence-corrected chi connectivity index (χ1v) is 7.48. The van der Waals surface area contributed by atoms with Crippen molar-refractivity contribution in [2.24, 2.45) is 0 Å². The third-order valence-corrected chi connectivity index (χ3v) is 4.02. The average molecular weight is 331 g/mol. The molecule has 0 aromatic heterocycles. The van der Waals surface area contributed by atoms with Crippen LogP contribution in [0.15, 0.2) is 24.3 Å². The fourth-order valence-corrected chi connectivity index (χ4v) is 2.78. The van der Waals surface area contributed by atoms with E-state index in [-0.39, 0.29) is 24.6 Å². The Morgan fingerprint density at radius 2 is 1.83 bits per heavy atom. The molecule has 1 saturated carbocycles. The topological polar surface area (TPSA) is 49.8 Å². The van der Waals surface area contributed by atoms with E-state index < -0.39 is 12.0 Å². The quantitative estimate of drug-likeness (QED) is 0.901. The van der Waals surface area contributed by atoms with Crippen LogP contribution in [0.25, 0.3) is 0 Å². The van der Waals surface area contributed by atoms with Gasteiger partial charge >= 0.3 is 6.36 Å². The zero-order chi connectivity index (χ0) is 17.1. The Hall–Kier alpha value is -1.76. The molecule has 1 N–H and O–H groups in total. The number of hydrogen-bond acceptors (Lipinski definition) is 3. The van der Waals surface area contributed by atoms with Gasteiger partial charge in [-0.1, -0.05) is 25.0 Å². The van der Waals surface area contributed by atoms with Crippen molar-refractivity contribution >= 4 is 5.91 Å². The van der Waals surface area contributed by atoms with Crippen molar-refractivity contribution in [3.8, 4) is 5.75 Å². The summed E-state index contributed by atoms with van der Waals surface area (Å²) in [6, 6.07) is 5.39. The maximum atomic E-state index is 12.2. The number of benzene rings is 1. The van der Waals surface area contributed by atoms with Gasteiger partial charge in [-0.25, -0.2) is 0 Å². The summed E-state index contributed by atoms with van der Waals surface area (Å²) in [6.07, 6.45) is -1.52. The maximum Gasteiger partial charge on any atom is 0.573 e.